The van der Waals surface area contributed by atoms with Gasteiger partial charge >= 0.3 is 0 Å². The first-order valence-corrected chi connectivity index (χ1v) is 9.99. The molecule has 1 aromatic heterocycles. The monoisotopic (exact) mass is 380 g/mol. The van der Waals surface area contributed by atoms with Crippen LogP contribution in [0.4, 0.5) is 0 Å². The number of hydrogen-bond acceptors (Lipinski definition) is 4. The van der Waals surface area contributed by atoms with Crippen molar-refractivity contribution in [3.05, 3.63) is 70.7 Å². The van der Waals surface area contributed by atoms with Crippen molar-refractivity contribution >= 4 is 17.2 Å². The topological polar surface area (TPSA) is 51.2 Å². The summed E-state index contributed by atoms with van der Waals surface area (Å²) in [7, 11) is 1.65. The van der Waals surface area contributed by atoms with Gasteiger partial charge in [-0.05, 0) is 36.1 Å². The summed E-state index contributed by atoms with van der Waals surface area (Å²) >= 11 is 1.58. The van der Waals surface area contributed by atoms with Crippen LogP contribution < -0.4 is 10.1 Å². The molecule has 0 atom stereocenters. The number of amides is 1. The van der Waals surface area contributed by atoms with Gasteiger partial charge in [0.2, 0.25) is 5.91 Å². The molecular weight excluding hydrogens is 356 g/mol. The van der Waals surface area contributed by atoms with Gasteiger partial charge in [-0.25, -0.2) is 4.98 Å². The van der Waals surface area contributed by atoms with E-state index in [0.29, 0.717) is 13.0 Å². The highest BCUT2D eigenvalue weighted by Crippen LogP contribution is 2.24. The molecule has 0 saturated carbocycles. The summed E-state index contributed by atoms with van der Waals surface area (Å²) in [5.41, 5.74) is 4.40. The highest BCUT2D eigenvalue weighted by atomic mass is 32.1. The third-order valence-electron chi connectivity index (χ3n) is 4.40. The van der Waals surface area contributed by atoms with Gasteiger partial charge in [-0.1, -0.05) is 43.3 Å². The normalized spacial score (nSPS) is 10.6. The van der Waals surface area contributed by atoms with E-state index in [4.69, 9.17) is 4.74 Å². The largest absolute Gasteiger partial charge is 0.497 e. The number of methoxy groups -OCH3 is 1. The van der Waals surface area contributed by atoms with Gasteiger partial charge in [0.25, 0.3) is 0 Å². The number of nitrogens with one attached hydrogen (secondary N) is 1. The molecule has 1 heterocycles. The van der Waals surface area contributed by atoms with Crippen molar-refractivity contribution in [3.63, 3.8) is 0 Å². The summed E-state index contributed by atoms with van der Waals surface area (Å²) in [6, 6.07) is 16.3. The van der Waals surface area contributed by atoms with E-state index in [1.807, 2.05) is 29.6 Å². The first-order chi connectivity index (χ1) is 13.2. The third kappa shape index (κ3) is 5.41. The summed E-state index contributed by atoms with van der Waals surface area (Å²) in [5, 5.41) is 5.89. The van der Waals surface area contributed by atoms with Crippen LogP contribution in [-0.4, -0.2) is 24.5 Å². The van der Waals surface area contributed by atoms with Crippen LogP contribution in [0.1, 0.15) is 23.7 Å². The number of benzene rings is 2. The first-order valence-electron chi connectivity index (χ1n) is 9.11. The number of carbonyl (C=O) groups is 1. The number of carbonyl (C=O) groups excluding carboxylic acids is 1. The van der Waals surface area contributed by atoms with E-state index in [2.05, 4.69) is 41.5 Å². The van der Waals surface area contributed by atoms with Gasteiger partial charge < -0.3 is 10.1 Å². The zero-order chi connectivity index (χ0) is 19.1. The lowest BCUT2D eigenvalue weighted by molar-refractivity contribution is -0.120. The fourth-order valence-corrected chi connectivity index (χ4v) is 3.60. The van der Waals surface area contributed by atoms with Crippen LogP contribution in [0.5, 0.6) is 5.75 Å². The van der Waals surface area contributed by atoms with Crippen LogP contribution >= 0.6 is 11.3 Å². The lowest BCUT2D eigenvalue weighted by Gasteiger charge is -2.05. The molecule has 0 unspecified atom stereocenters. The van der Waals surface area contributed by atoms with Crippen molar-refractivity contribution in [2.75, 3.05) is 13.7 Å². The van der Waals surface area contributed by atoms with E-state index >= 15 is 0 Å². The van der Waals surface area contributed by atoms with E-state index in [1.165, 1.54) is 11.1 Å². The highest BCUT2D eigenvalue weighted by molar-refractivity contribution is 7.13. The maximum absolute atomic E-state index is 12.2. The molecule has 0 bridgehead atoms. The van der Waals surface area contributed by atoms with E-state index in [0.717, 1.165) is 34.9 Å². The van der Waals surface area contributed by atoms with Gasteiger partial charge in [0, 0.05) is 17.5 Å². The minimum absolute atomic E-state index is 0.00157. The summed E-state index contributed by atoms with van der Waals surface area (Å²) in [6.45, 7) is 2.75. The second-order valence-electron chi connectivity index (χ2n) is 6.32. The van der Waals surface area contributed by atoms with Gasteiger partial charge in [0.15, 0.2) is 0 Å². The van der Waals surface area contributed by atoms with Gasteiger partial charge in [-0.2, -0.15) is 0 Å². The number of aromatic nitrogens is 1. The Bertz CT molecular complexity index is 870. The molecule has 1 amide bonds. The number of ether oxygens (including phenoxy) is 1. The Morgan fingerprint density at radius 3 is 2.44 bits per heavy atom. The lowest BCUT2D eigenvalue weighted by atomic mass is 10.1. The van der Waals surface area contributed by atoms with E-state index in [-0.39, 0.29) is 5.91 Å². The Balaban J connectivity index is 1.48. The summed E-state index contributed by atoms with van der Waals surface area (Å²) in [4.78, 5) is 16.8. The lowest BCUT2D eigenvalue weighted by Crippen LogP contribution is -2.27. The van der Waals surface area contributed by atoms with Crippen molar-refractivity contribution in [1.29, 1.82) is 0 Å². The van der Waals surface area contributed by atoms with Gasteiger partial charge in [-0.15, -0.1) is 11.3 Å². The van der Waals surface area contributed by atoms with Gasteiger partial charge in [-0.3, -0.25) is 4.79 Å². The quantitative estimate of drug-likeness (QED) is 0.634. The van der Waals surface area contributed by atoms with Gasteiger partial charge in [0.05, 0.1) is 19.2 Å². The molecule has 140 valence electrons. The van der Waals surface area contributed by atoms with Crippen molar-refractivity contribution in [1.82, 2.24) is 10.3 Å². The number of rotatable bonds is 8. The van der Waals surface area contributed by atoms with Crippen molar-refractivity contribution in [3.8, 4) is 16.3 Å². The van der Waals surface area contributed by atoms with Crippen molar-refractivity contribution < 1.29 is 9.53 Å². The summed E-state index contributed by atoms with van der Waals surface area (Å²) in [6.07, 6.45) is 2.13. The first kappa shape index (κ1) is 19.1. The maximum Gasteiger partial charge on any atom is 0.226 e. The van der Waals surface area contributed by atoms with Crippen LogP contribution in [0.25, 0.3) is 10.6 Å². The van der Waals surface area contributed by atoms with E-state index < -0.39 is 0 Å². The van der Waals surface area contributed by atoms with Crippen molar-refractivity contribution in [2.24, 2.45) is 0 Å². The molecule has 27 heavy (non-hydrogen) atoms. The number of nitrogens with zero attached hydrogens (tertiary/aromatic N) is 1. The zero-order valence-electron chi connectivity index (χ0n) is 15.7. The number of aryl methyl sites for hydroxylation is 1. The van der Waals surface area contributed by atoms with Crippen LogP contribution in [0.15, 0.2) is 53.9 Å². The molecule has 0 spiro atoms. The molecule has 1 N–H and O–H groups in total. The molecule has 3 aromatic rings. The molecule has 0 saturated heterocycles. The Kier molecular flexibility index (Phi) is 6.60. The molecule has 2 aromatic carbocycles. The smallest absolute Gasteiger partial charge is 0.226 e. The van der Waals surface area contributed by atoms with Crippen molar-refractivity contribution in [2.45, 2.75) is 26.2 Å². The molecule has 0 aliphatic heterocycles. The molecule has 3 rings (SSSR count). The van der Waals surface area contributed by atoms with E-state index in [1.54, 1.807) is 18.4 Å². The Labute approximate surface area is 164 Å². The van der Waals surface area contributed by atoms with Crippen LogP contribution in [0.2, 0.25) is 0 Å². The van der Waals surface area contributed by atoms with Gasteiger partial charge in [0.1, 0.15) is 10.8 Å². The average molecular weight is 381 g/mol. The molecule has 0 radical (unpaired) electrons. The zero-order valence-corrected chi connectivity index (χ0v) is 16.5. The fourth-order valence-electron chi connectivity index (χ4n) is 2.77. The molecule has 0 fully saturated rings. The Hall–Kier alpha value is -2.66. The molecular formula is C22H24N2O2S. The minimum atomic E-state index is 0.00157. The predicted molar refractivity (Wildman–Crippen MR) is 110 cm³/mol. The third-order valence-corrected chi connectivity index (χ3v) is 5.34. The molecule has 4 nitrogen and oxygen atoms in total. The SMILES string of the molecule is CCc1ccc(-c2nc(CC(=O)NCCc3ccc(OC)cc3)cs2)cc1. The number of hydrogen-bond donors (Lipinski definition) is 1. The van der Waals surface area contributed by atoms with Crippen LogP contribution in [0.3, 0.4) is 0 Å². The molecule has 5 heteroatoms. The maximum atomic E-state index is 12.2. The standard InChI is InChI=1S/C22H24N2O2S/c1-3-16-4-8-18(9-5-16)22-24-19(15-27-22)14-21(25)23-13-12-17-6-10-20(26-2)11-7-17/h4-11,15H,3,12-14H2,1-2H3,(H,23,25). The molecule has 0 aliphatic carbocycles. The van der Waals surface area contributed by atoms with Crippen LogP contribution in [0, 0.1) is 0 Å². The Morgan fingerprint density at radius 1 is 1.07 bits per heavy atom. The fraction of sp³-hybridized carbons (Fsp3) is 0.273. The second kappa shape index (κ2) is 9.33. The summed E-state index contributed by atoms with van der Waals surface area (Å²) < 4.78 is 5.15. The van der Waals surface area contributed by atoms with Crippen LogP contribution in [-0.2, 0) is 24.1 Å². The second-order valence-corrected chi connectivity index (χ2v) is 7.18. The average Bonchev–Trinajstić information content (AvgIpc) is 3.17. The minimum Gasteiger partial charge on any atom is -0.497 e. The molecule has 0 aliphatic rings. The number of thiazole rings is 1. The Morgan fingerprint density at radius 2 is 1.78 bits per heavy atom. The highest BCUT2D eigenvalue weighted by Gasteiger charge is 2.09. The predicted octanol–water partition coefficient (Wildman–Crippen LogP) is 4.28. The summed E-state index contributed by atoms with van der Waals surface area (Å²) in [5.74, 6) is 0.841. The van der Waals surface area contributed by atoms with E-state index in [9.17, 15) is 4.79 Å².